The third-order valence-electron chi connectivity index (χ3n) is 0.885. The van der Waals surface area contributed by atoms with Gasteiger partial charge in [-0.1, -0.05) is 0 Å². The van der Waals surface area contributed by atoms with Gasteiger partial charge in [0.05, 0.1) is 6.04 Å². The Morgan fingerprint density at radius 2 is 2.40 bits per heavy atom. The number of thiol groups is 1. The van der Waals surface area contributed by atoms with Crippen LogP contribution in [0.15, 0.2) is 0 Å². The van der Waals surface area contributed by atoms with Gasteiger partial charge in [0, 0.05) is 5.75 Å². The smallest absolute Gasteiger partial charge is 0.239 e. The van der Waals surface area contributed by atoms with E-state index in [2.05, 4.69) is 17.9 Å². The Bertz CT molecular complexity index is 118. The van der Waals surface area contributed by atoms with Gasteiger partial charge in [-0.25, -0.2) is 0 Å². The van der Waals surface area contributed by atoms with Crippen molar-refractivity contribution in [2.75, 3.05) is 5.75 Å². The maximum absolute atomic E-state index is 10.7. The van der Waals surface area contributed by atoms with Crippen LogP contribution >= 0.6 is 12.6 Å². The van der Waals surface area contributed by atoms with Crippen LogP contribution in [-0.4, -0.2) is 29.0 Å². The van der Waals surface area contributed by atoms with Gasteiger partial charge in [0.1, 0.15) is 6.23 Å². The maximum atomic E-state index is 10.7. The molecule has 0 rings (SSSR count). The third kappa shape index (κ3) is 3.71. The second-order valence-electron chi connectivity index (χ2n) is 1.97. The SMILES string of the molecule is CC(O)NC(=O)[C@H](N)CS. The van der Waals surface area contributed by atoms with Gasteiger partial charge in [-0.15, -0.1) is 0 Å². The molecule has 0 aromatic heterocycles. The monoisotopic (exact) mass is 164 g/mol. The average molecular weight is 164 g/mol. The molecule has 0 saturated heterocycles. The summed E-state index contributed by atoms with van der Waals surface area (Å²) in [5.74, 6) is -0.108. The Labute approximate surface area is 65.2 Å². The minimum atomic E-state index is -0.849. The minimum Gasteiger partial charge on any atom is -0.374 e. The molecule has 1 unspecified atom stereocenters. The van der Waals surface area contributed by atoms with E-state index in [9.17, 15) is 4.79 Å². The summed E-state index contributed by atoms with van der Waals surface area (Å²) in [5, 5.41) is 10.9. The summed E-state index contributed by atoms with van der Waals surface area (Å²) in [6, 6.07) is -0.641. The first-order valence-corrected chi connectivity index (χ1v) is 3.56. The molecular weight excluding hydrogens is 152 g/mol. The number of nitrogens with one attached hydrogen (secondary N) is 1. The quantitative estimate of drug-likeness (QED) is 0.309. The lowest BCUT2D eigenvalue weighted by Gasteiger charge is -2.10. The minimum absolute atomic E-state index is 0.276. The molecule has 0 aromatic carbocycles. The molecular formula is C5H12N2O2S. The lowest BCUT2D eigenvalue weighted by Crippen LogP contribution is -2.45. The van der Waals surface area contributed by atoms with Crippen LogP contribution in [0.25, 0.3) is 0 Å². The van der Waals surface area contributed by atoms with E-state index >= 15 is 0 Å². The highest BCUT2D eigenvalue weighted by Gasteiger charge is 2.11. The van der Waals surface area contributed by atoms with E-state index in [1.54, 1.807) is 0 Å². The van der Waals surface area contributed by atoms with Gasteiger partial charge in [-0.2, -0.15) is 12.6 Å². The highest BCUT2D eigenvalue weighted by atomic mass is 32.1. The predicted octanol–water partition coefficient (Wildman–Crippen LogP) is -1.30. The van der Waals surface area contributed by atoms with Crippen molar-refractivity contribution in [1.82, 2.24) is 5.32 Å². The van der Waals surface area contributed by atoms with Crippen LogP contribution < -0.4 is 11.1 Å². The number of rotatable bonds is 3. The standard InChI is InChI=1S/C5H12N2O2S/c1-3(8)7-5(9)4(6)2-10/h3-4,8,10H,2,6H2,1H3,(H,7,9)/t3?,4-/m1/s1. The molecule has 0 aliphatic heterocycles. The largest absolute Gasteiger partial charge is 0.374 e. The second-order valence-corrected chi connectivity index (χ2v) is 2.34. The first-order chi connectivity index (χ1) is 4.57. The summed E-state index contributed by atoms with van der Waals surface area (Å²) in [4.78, 5) is 10.7. The zero-order valence-electron chi connectivity index (χ0n) is 5.74. The number of carbonyl (C=O) groups excluding carboxylic acids is 1. The van der Waals surface area contributed by atoms with Gasteiger partial charge in [0.15, 0.2) is 0 Å². The van der Waals surface area contributed by atoms with Gasteiger partial charge < -0.3 is 16.2 Å². The molecule has 4 N–H and O–H groups in total. The van der Waals surface area contributed by atoms with Gasteiger partial charge in [0.25, 0.3) is 0 Å². The Balaban J connectivity index is 3.62. The summed E-state index contributed by atoms with van der Waals surface area (Å²) in [6.07, 6.45) is -0.849. The lowest BCUT2D eigenvalue weighted by atomic mass is 10.3. The molecule has 0 fully saturated rings. The number of amides is 1. The van der Waals surface area contributed by atoms with Crippen molar-refractivity contribution < 1.29 is 9.90 Å². The summed E-state index contributed by atoms with van der Waals surface area (Å²) >= 11 is 3.81. The fraction of sp³-hybridized carbons (Fsp3) is 0.800. The molecule has 4 nitrogen and oxygen atoms in total. The Morgan fingerprint density at radius 3 is 2.70 bits per heavy atom. The van der Waals surface area contributed by atoms with Crippen molar-refractivity contribution in [2.24, 2.45) is 5.73 Å². The van der Waals surface area contributed by atoms with Gasteiger partial charge in [-0.05, 0) is 6.92 Å². The van der Waals surface area contributed by atoms with E-state index in [1.165, 1.54) is 6.92 Å². The van der Waals surface area contributed by atoms with Crippen LogP contribution in [0.2, 0.25) is 0 Å². The highest BCUT2D eigenvalue weighted by molar-refractivity contribution is 7.80. The summed E-state index contributed by atoms with van der Waals surface area (Å²) in [7, 11) is 0. The van der Waals surface area contributed by atoms with E-state index in [0.717, 1.165) is 0 Å². The van der Waals surface area contributed by atoms with E-state index in [4.69, 9.17) is 10.8 Å². The molecule has 1 amide bonds. The fourth-order valence-electron chi connectivity index (χ4n) is 0.396. The first-order valence-electron chi connectivity index (χ1n) is 2.92. The number of aliphatic hydroxyl groups is 1. The van der Waals surface area contributed by atoms with Crippen LogP contribution in [0.4, 0.5) is 0 Å². The van der Waals surface area contributed by atoms with Crippen molar-refractivity contribution >= 4 is 18.5 Å². The van der Waals surface area contributed by atoms with Crippen molar-refractivity contribution in [2.45, 2.75) is 19.2 Å². The number of hydrogen-bond donors (Lipinski definition) is 4. The molecule has 0 spiro atoms. The molecule has 0 radical (unpaired) electrons. The molecule has 0 aromatic rings. The summed E-state index contributed by atoms with van der Waals surface area (Å²) in [5.41, 5.74) is 5.27. The molecule has 10 heavy (non-hydrogen) atoms. The van der Waals surface area contributed by atoms with Crippen molar-refractivity contribution in [1.29, 1.82) is 0 Å². The number of nitrogens with two attached hydrogens (primary N) is 1. The van der Waals surface area contributed by atoms with E-state index in [-0.39, 0.29) is 11.7 Å². The molecule has 0 aliphatic carbocycles. The Kier molecular flexibility index (Phi) is 4.42. The second kappa shape index (κ2) is 4.54. The number of hydrogen-bond acceptors (Lipinski definition) is 4. The maximum Gasteiger partial charge on any atom is 0.239 e. The molecule has 0 aliphatic rings. The molecule has 0 bridgehead atoms. The summed E-state index contributed by atoms with van der Waals surface area (Å²) < 4.78 is 0. The van der Waals surface area contributed by atoms with Gasteiger partial charge in [-0.3, -0.25) is 4.79 Å². The van der Waals surface area contributed by atoms with E-state index < -0.39 is 12.3 Å². The Morgan fingerprint density at radius 1 is 1.90 bits per heavy atom. The highest BCUT2D eigenvalue weighted by Crippen LogP contribution is 1.83. The van der Waals surface area contributed by atoms with Crippen LogP contribution in [0, 0.1) is 0 Å². The van der Waals surface area contributed by atoms with E-state index in [0.29, 0.717) is 0 Å². The normalized spacial score (nSPS) is 16.0. The van der Waals surface area contributed by atoms with Crippen molar-refractivity contribution in [3.63, 3.8) is 0 Å². The van der Waals surface area contributed by atoms with Gasteiger partial charge in [0.2, 0.25) is 5.91 Å². The van der Waals surface area contributed by atoms with Crippen LogP contribution in [0.5, 0.6) is 0 Å². The predicted molar refractivity (Wildman–Crippen MR) is 41.7 cm³/mol. The Hall–Kier alpha value is -0.260. The molecule has 0 saturated carbocycles. The van der Waals surface area contributed by atoms with Crippen LogP contribution in [0.3, 0.4) is 0 Å². The van der Waals surface area contributed by atoms with Crippen LogP contribution in [-0.2, 0) is 4.79 Å². The first kappa shape index (κ1) is 9.74. The summed E-state index contributed by atoms with van der Waals surface area (Å²) in [6.45, 7) is 1.45. The molecule has 60 valence electrons. The van der Waals surface area contributed by atoms with Crippen molar-refractivity contribution in [3.05, 3.63) is 0 Å². The number of aliphatic hydroxyl groups excluding tert-OH is 1. The third-order valence-corrected chi connectivity index (χ3v) is 1.28. The zero-order valence-corrected chi connectivity index (χ0v) is 6.64. The van der Waals surface area contributed by atoms with Crippen LogP contribution in [0.1, 0.15) is 6.92 Å². The number of carbonyl (C=O) groups is 1. The fourth-order valence-corrected chi connectivity index (χ4v) is 0.562. The molecule has 5 heteroatoms. The average Bonchev–Trinajstić information content (AvgIpc) is 1.85. The lowest BCUT2D eigenvalue weighted by molar-refractivity contribution is -0.124. The molecule has 2 atom stereocenters. The van der Waals surface area contributed by atoms with Crippen molar-refractivity contribution in [3.8, 4) is 0 Å². The van der Waals surface area contributed by atoms with E-state index in [1.807, 2.05) is 0 Å². The zero-order chi connectivity index (χ0) is 8.15. The topological polar surface area (TPSA) is 75.3 Å². The molecule has 0 heterocycles. The van der Waals surface area contributed by atoms with Gasteiger partial charge >= 0.3 is 0 Å².